The van der Waals surface area contributed by atoms with Crippen molar-refractivity contribution < 1.29 is 20.1 Å². The van der Waals surface area contributed by atoms with Crippen molar-refractivity contribution in [3.63, 3.8) is 0 Å². The van der Waals surface area contributed by atoms with Crippen molar-refractivity contribution in [2.75, 3.05) is 25.0 Å². The van der Waals surface area contributed by atoms with E-state index < -0.39 is 17.8 Å². The van der Waals surface area contributed by atoms with E-state index in [4.69, 9.17) is 0 Å². The average molecular weight is 388 g/mol. The Morgan fingerprint density at radius 3 is 2.93 bits per heavy atom. The molecule has 3 heterocycles. The van der Waals surface area contributed by atoms with Crippen molar-refractivity contribution in [3.05, 3.63) is 51.7 Å². The number of hydrogen-bond donors (Lipinski definition) is 4. The summed E-state index contributed by atoms with van der Waals surface area (Å²) < 4.78 is 0. The Morgan fingerprint density at radius 2 is 2.19 bits per heavy atom. The van der Waals surface area contributed by atoms with Crippen molar-refractivity contribution in [1.82, 2.24) is 4.90 Å². The van der Waals surface area contributed by atoms with Gasteiger partial charge >= 0.3 is 0 Å². The SMILES string of the molecule is O=C1CCc2cc([C@H](O)CN3CCC(O)(c4cccs4)C(O)C3)ccc2N1. The molecule has 1 saturated heterocycles. The number of aliphatic hydroxyl groups is 3. The predicted molar refractivity (Wildman–Crippen MR) is 104 cm³/mol. The summed E-state index contributed by atoms with van der Waals surface area (Å²) in [5.74, 6) is 0.0244. The van der Waals surface area contributed by atoms with Gasteiger partial charge in [-0.1, -0.05) is 18.2 Å². The highest BCUT2D eigenvalue weighted by Crippen LogP contribution is 2.36. The van der Waals surface area contributed by atoms with Crippen LogP contribution in [-0.4, -0.2) is 51.9 Å². The van der Waals surface area contributed by atoms with Gasteiger partial charge in [-0.15, -0.1) is 11.3 Å². The van der Waals surface area contributed by atoms with Crippen LogP contribution in [0.5, 0.6) is 0 Å². The molecule has 1 fully saturated rings. The van der Waals surface area contributed by atoms with Crippen molar-refractivity contribution >= 4 is 22.9 Å². The molecular formula is C20H24N2O4S. The van der Waals surface area contributed by atoms with E-state index in [0.29, 0.717) is 38.9 Å². The molecule has 4 N–H and O–H groups in total. The Labute approximate surface area is 162 Å². The zero-order valence-electron chi connectivity index (χ0n) is 15.0. The minimum Gasteiger partial charge on any atom is -0.388 e. The number of amides is 1. The van der Waals surface area contributed by atoms with Crippen LogP contribution in [-0.2, 0) is 16.8 Å². The summed E-state index contributed by atoms with van der Waals surface area (Å²) in [6.45, 7) is 1.30. The molecule has 7 heteroatoms. The van der Waals surface area contributed by atoms with Crippen LogP contribution in [0, 0.1) is 0 Å². The number of piperidine rings is 1. The van der Waals surface area contributed by atoms with Crippen LogP contribution in [0.3, 0.4) is 0 Å². The van der Waals surface area contributed by atoms with Gasteiger partial charge in [-0.3, -0.25) is 9.69 Å². The van der Waals surface area contributed by atoms with Crippen LogP contribution >= 0.6 is 11.3 Å². The summed E-state index contributed by atoms with van der Waals surface area (Å²) >= 11 is 1.45. The fourth-order valence-electron chi connectivity index (χ4n) is 3.92. The zero-order valence-corrected chi connectivity index (χ0v) is 15.8. The molecule has 2 aliphatic heterocycles. The maximum Gasteiger partial charge on any atom is 0.224 e. The quantitative estimate of drug-likeness (QED) is 0.639. The Hall–Kier alpha value is -1.77. The van der Waals surface area contributed by atoms with Gasteiger partial charge in [0, 0.05) is 36.6 Å². The Morgan fingerprint density at radius 1 is 1.33 bits per heavy atom. The standard InChI is InChI=1S/C20H24N2O4S/c23-16(14-3-5-15-13(10-14)4-6-19(25)21-15)11-22-8-7-20(26,17(24)12-22)18-2-1-9-27-18/h1-3,5,9-10,16-17,23-24,26H,4,6-8,11-12H2,(H,21,25)/t16-,17?,20?/m1/s1. The minimum absolute atomic E-state index is 0.0244. The maximum absolute atomic E-state index is 11.5. The number of nitrogens with one attached hydrogen (secondary N) is 1. The second-order valence-electron chi connectivity index (χ2n) is 7.41. The van der Waals surface area contributed by atoms with Gasteiger partial charge in [0.15, 0.2) is 0 Å². The van der Waals surface area contributed by atoms with Gasteiger partial charge in [0.2, 0.25) is 5.91 Å². The number of aliphatic hydroxyl groups excluding tert-OH is 2. The molecule has 6 nitrogen and oxygen atoms in total. The van der Waals surface area contributed by atoms with E-state index in [1.165, 1.54) is 11.3 Å². The number of likely N-dealkylation sites (tertiary alicyclic amines) is 1. The highest BCUT2D eigenvalue weighted by molar-refractivity contribution is 7.10. The van der Waals surface area contributed by atoms with Crippen LogP contribution in [0.1, 0.15) is 34.9 Å². The summed E-state index contributed by atoms with van der Waals surface area (Å²) in [4.78, 5) is 14.2. The molecule has 3 atom stereocenters. The summed E-state index contributed by atoms with van der Waals surface area (Å²) in [5.41, 5.74) is 1.45. The van der Waals surface area contributed by atoms with E-state index in [2.05, 4.69) is 5.32 Å². The first-order chi connectivity index (χ1) is 13.0. The molecule has 0 aliphatic carbocycles. The second kappa shape index (κ2) is 7.33. The first kappa shape index (κ1) is 18.6. The molecule has 1 amide bonds. The summed E-state index contributed by atoms with van der Waals surface area (Å²) in [5, 5.41) is 36.8. The lowest BCUT2D eigenvalue weighted by atomic mass is 9.87. The fraction of sp³-hybridized carbons (Fsp3) is 0.450. The van der Waals surface area contributed by atoms with Gasteiger partial charge in [0.05, 0.1) is 6.10 Å². The lowest BCUT2D eigenvalue weighted by Crippen LogP contribution is -2.53. The van der Waals surface area contributed by atoms with Crippen LogP contribution < -0.4 is 5.32 Å². The highest BCUT2D eigenvalue weighted by Gasteiger charge is 2.43. The Balaban J connectivity index is 1.41. The second-order valence-corrected chi connectivity index (χ2v) is 8.36. The van der Waals surface area contributed by atoms with Crippen molar-refractivity contribution in [2.45, 2.75) is 37.1 Å². The third-order valence-corrected chi connectivity index (χ3v) is 6.62. The van der Waals surface area contributed by atoms with Gasteiger partial charge in [-0.2, -0.15) is 0 Å². The lowest BCUT2D eigenvalue weighted by molar-refractivity contribution is -0.126. The number of rotatable bonds is 4. The van der Waals surface area contributed by atoms with Gasteiger partial charge < -0.3 is 20.6 Å². The van der Waals surface area contributed by atoms with Crippen molar-refractivity contribution in [2.24, 2.45) is 0 Å². The number of aryl methyl sites for hydroxylation is 1. The molecule has 0 saturated carbocycles. The molecule has 1 aromatic heterocycles. The molecule has 2 unspecified atom stereocenters. The Kier molecular flexibility index (Phi) is 5.05. The smallest absolute Gasteiger partial charge is 0.224 e. The predicted octanol–water partition coefficient (Wildman–Crippen LogP) is 1.62. The molecule has 2 aromatic rings. The first-order valence-electron chi connectivity index (χ1n) is 9.23. The van der Waals surface area contributed by atoms with Gasteiger partial charge in [0.25, 0.3) is 0 Å². The molecule has 0 bridgehead atoms. The number of nitrogens with zero attached hydrogens (tertiary/aromatic N) is 1. The number of β-amino-alcohol motifs (C(OH)–C–C–N with tert-alkyl or cyclic N) is 2. The van der Waals surface area contributed by atoms with Crippen LogP contribution in [0.25, 0.3) is 0 Å². The number of thiophene rings is 1. The number of anilines is 1. The van der Waals surface area contributed by atoms with E-state index in [1.807, 2.05) is 40.6 Å². The number of carbonyl (C=O) groups excluding carboxylic acids is 1. The number of benzene rings is 1. The highest BCUT2D eigenvalue weighted by atomic mass is 32.1. The summed E-state index contributed by atoms with van der Waals surface area (Å²) in [6.07, 6.45) is -0.00850. The monoisotopic (exact) mass is 388 g/mol. The van der Waals surface area contributed by atoms with E-state index in [-0.39, 0.29) is 5.91 Å². The van der Waals surface area contributed by atoms with Gasteiger partial charge in [-0.25, -0.2) is 0 Å². The molecule has 0 spiro atoms. The third-order valence-electron chi connectivity index (χ3n) is 5.58. The number of hydrogen-bond acceptors (Lipinski definition) is 6. The number of carbonyl (C=O) groups is 1. The first-order valence-corrected chi connectivity index (χ1v) is 10.1. The largest absolute Gasteiger partial charge is 0.388 e. The zero-order chi connectivity index (χ0) is 19.0. The Bertz CT molecular complexity index is 825. The molecule has 27 heavy (non-hydrogen) atoms. The normalized spacial score (nSPS) is 27.1. The molecule has 0 radical (unpaired) electrons. The average Bonchev–Trinajstić information content (AvgIpc) is 3.20. The fourth-order valence-corrected chi connectivity index (χ4v) is 4.82. The minimum atomic E-state index is -1.21. The molecule has 144 valence electrons. The summed E-state index contributed by atoms with van der Waals surface area (Å²) in [7, 11) is 0. The maximum atomic E-state index is 11.5. The third kappa shape index (κ3) is 3.66. The van der Waals surface area contributed by atoms with E-state index in [0.717, 1.165) is 21.7 Å². The lowest BCUT2D eigenvalue weighted by Gasteiger charge is -2.42. The molecular weight excluding hydrogens is 364 g/mol. The van der Waals surface area contributed by atoms with Crippen LogP contribution in [0.4, 0.5) is 5.69 Å². The molecule has 1 aromatic carbocycles. The number of fused-ring (bicyclic) bond motifs is 1. The van der Waals surface area contributed by atoms with Crippen LogP contribution in [0.15, 0.2) is 35.7 Å². The topological polar surface area (TPSA) is 93.0 Å². The van der Waals surface area contributed by atoms with E-state index in [9.17, 15) is 20.1 Å². The molecule has 4 rings (SSSR count). The van der Waals surface area contributed by atoms with Gasteiger partial charge in [-0.05, 0) is 41.5 Å². The van der Waals surface area contributed by atoms with Crippen LogP contribution in [0.2, 0.25) is 0 Å². The van der Waals surface area contributed by atoms with Gasteiger partial charge in [0.1, 0.15) is 11.7 Å². The van der Waals surface area contributed by atoms with E-state index >= 15 is 0 Å². The molecule has 2 aliphatic rings. The summed E-state index contributed by atoms with van der Waals surface area (Å²) in [6, 6.07) is 9.34. The van der Waals surface area contributed by atoms with E-state index in [1.54, 1.807) is 0 Å². The van der Waals surface area contributed by atoms with Crippen molar-refractivity contribution in [3.8, 4) is 0 Å². The van der Waals surface area contributed by atoms with Crippen molar-refractivity contribution in [1.29, 1.82) is 0 Å².